The number of methoxy groups -OCH3 is 1. The molecule has 0 bridgehead atoms. The highest BCUT2D eigenvalue weighted by atomic mass is 16.5. The Morgan fingerprint density at radius 3 is 2.67 bits per heavy atom. The van der Waals surface area contributed by atoms with Gasteiger partial charge in [-0.25, -0.2) is 0 Å². The zero-order chi connectivity index (χ0) is 13.4. The SMILES string of the molecule is COCCC(C)NCc1cccc(OC(C)C)c1. The molecule has 1 rings (SSSR count). The predicted molar refractivity (Wildman–Crippen MR) is 75.0 cm³/mol. The van der Waals surface area contributed by atoms with Gasteiger partial charge in [-0.2, -0.15) is 0 Å². The maximum Gasteiger partial charge on any atom is 0.120 e. The summed E-state index contributed by atoms with van der Waals surface area (Å²) in [4.78, 5) is 0. The molecule has 1 N–H and O–H groups in total. The Bertz CT molecular complexity index is 339. The van der Waals surface area contributed by atoms with Gasteiger partial charge in [-0.15, -0.1) is 0 Å². The molecule has 0 aliphatic carbocycles. The van der Waals surface area contributed by atoms with Crippen molar-refractivity contribution in [3.05, 3.63) is 29.8 Å². The maximum atomic E-state index is 5.68. The Morgan fingerprint density at radius 2 is 2.00 bits per heavy atom. The van der Waals surface area contributed by atoms with E-state index in [4.69, 9.17) is 9.47 Å². The summed E-state index contributed by atoms with van der Waals surface area (Å²) in [6.45, 7) is 7.91. The fourth-order valence-electron chi connectivity index (χ4n) is 1.69. The van der Waals surface area contributed by atoms with Gasteiger partial charge >= 0.3 is 0 Å². The van der Waals surface area contributed by atoms with Gasteiger partial charge < -0.3 is 14.8 Å². The molecule has 1 aromatic rings. The van der Waals surface area contributed by atoms with Crippen molar-refractivity contribution in [1.82, 2.24) is 5.32 Å². The van der Waals surface area contributed by atoms with Crippen LogP contribution in [0.25, 0.3) is 0 Å². The number of benzene rings is 1. The van der Waals surface area contributed by atoms with E-state index in [1.165, 1.54) is 5.56 Å². The summed E-state index contributed by atoms with van der Waals surface area (Å²) >= 11 is 0. The fourth-order valence-corrected chi connectivity index (χ4v) is 1.69. The Labute approximate surface area is 110 Å². The van der Waals surface area contributed by atoms with Gasteiger partial charge in [-0.3, -0.25) is 0 Å². The minimum absolute atomic E-state index is 0.217. The van der Waals surface area contributed by atoms with E-state index in [2.05, 4.69) is 24.4 Å². The van der Waals surface area contributed by atoms with Crippen LogP contribution in [-0.4, -0.2) is 25.9 Å². The molecule has 3 nitrogen and oxygen atoms in total. The number of nitrogens with one attached hydrogen (secondary N) is 1. The highest BCUT2D eigenvalue weighted by Gasteiger charge is 2.03. The van der Waals surface area contributed by atoms with Crippen molar-refractivity contribution in [3.63, 3.8) is 0 Å². The maximum absolute atomic E-state index is 5.68. The third-order valence-electron chi connectivity index (χ3n) is 2.68. The van der Waals surface area contributed by atoms with Crippen LogP contribution in [0.15, 0.2) is 24.3 Å². The van der Waals surface area contributed by atoms with Crippen LogP contribution in [0, 0.1) is 0 Å². The van der Waals surface area contributed by atoms with Gasteiger partial charge in [-0.05, 0) is 44.9 Å². The zero-order valence-corrected chi connectivity index (χ0v) is 11.9. The first-order valence-corrected chi connectivity index (χ1v) is 6.59. The van der Waals surface area contributed by atoms with Crippen LogP contribution in [-0.2, 0) is 11.3 Å². The Hall–Kier alpha value is -1.06. The molecule has 1 aromatic carbocycles. The van der Waals surface area contributed by atoms with Gasteiger partial charge in [0, 0.05) is 26.3 Å². The van der Waals surface area contributed by atoms with Gasteiger partial charge in [0.25, 0.3) is 0 Å². The first-order chi connectivity index (χ1) is 8.61. The smallest absolute Gasteiger partial charge is 0.120 e. The van der Waals surface area contributed by atoms with Crippen LogP contribution in [0.1, 0.15) is 32.8 Å². The summed E-state index contributed by atoms with van der Waals surface area (Å²) < 4.78 is 10.7. The van der Waals surface area contributed by atoms with Crippen LogP contribution in [0.3, 0.4) is 0 Å². The highest BCUT2D eigenvalue weighted by Crippen LogP contribution is 2.14. The van der Waals surface area contributed by atoms with E-state index < -0.39 is 0 Å². The van der Waals surface area contributed by atoms with E-state index in [9.17, 15) is 0 Å². The van der Waals surface area contributed by atoms with Crippen LogP contribution >= 0.6 is 0 Å². The number of rotatable bonds is 8. The molecule has 0 fully saturated rings. The molecule has 0 aliphatic rings. The molecule has 3 heteroatoms. The summed E-state index contributed by atoms with van der Waals surface area (Å²) in [6, 6.07) is 8.70. The number of hydrogen-bond donors (Lipinski definition) is 1. The van der Waals surface area contributed by atoms with Crippen molar-refractivity contribution in [1.29, 1.82) is 0 Å². The third kappa shape index (κ3) is 6.03. The van der Waals surface area contributed by atoms with Crippen molar-refractivity contribution >= 4 is 0 Å². The van der Waals surface area contributed by atoms with Crippen molar-refractivity contribution in [2.24, 2.45) is 0 Å². The minimum Gasteiger partial charge on any atom is -0.491 e. The van der Waals surface area contributed by atoms with Gasteiger partial charge in [-0.1, -0.05) is 12.1 Å². The molecule has 0 saturated carbocycles. The van der Waals surface area contributed by atoms with E-state index in [0.717, 1.165) is 25.3 Å². The van der Waals surface area contributed by atoms with E-state index in [1.54, 1.807) is 7.11 Å². The molecule has 0 amide bonds. The first-order valence-electron chi connectivity index (χ1n) is 6.59. The topological polar surface area (TPSA) is 30.5 Å². The molecule has 0 heterocycles. The van der Waals surface area contributed by atoms with Crippen molar-refractivity contribution in [3.8, 4) is 5.75 Å². The molecule has 1 atom stereocenters. The van der Waals surface area contributed by atoms with Crippen LogP contribution in [0.4, 0.5) is 0 Å². The Balaban J connectivity index is 2.42. The van der Waals surface area contributed by atoms with E-state index in [0.29, 0.717) is 6.04 Å². The monoisotopic (exact) mass is 251 g/mol. The molecule has 0 saturated heterocycles. The van der Waals surface area contributed by atoms with Gasteiger partial charge in [0.15, 0.2) is 0 Å². The molecule has 102 valence electrons. The standard InChI is InChI=1S/C15H25NO2/c1-12(2)18-15-7-5-6-14(10-15)11-16-13(3)8-9-17-4/h5-7,10,12-13,16H,8-9,11H2,1-4H3. The fraction of sp³-hybridized carbons (Fsp3) is 0.600. The van der Waals surface area contributed by atoms with Crippen LogP contribution in [0.5, 0.6) is 5.75 Å². The molecule has 1 unspecified atom stereocenters. The summed E-state index contributed by atoms with van der Waals surface area (Å²) in [7, 11) is 1.74. The molecular weight excluding hydrogens is 226 g/mol. The van der Waals surface area contributed by atoms with Crippen molar-refractivity contribution in [2.45, 2.75) is 45.9 Å². The van der Waals surface area contributed by atoms with Crippen molar-refractivity contribution < 1.29 is 9.47 Å². The van der Waals surface area contributed by atoms with Gasteiger partial charge in [0.1, 0.15) is 5.75 Å². The van der Waals surface area contributed by atoms with Crippen LogP contribution < -0.4 is 10.1 Å². The molecule has 18 heavy (non-hydrogen) atoms. The second-order valence-corrected chi connectivity index (χ2v) is 4.88. The lowest BCUT2D eigenvalue weighted by Gasteiger charge is -2.14. The first kappa shape index (κ1) is 15.0. The molecular formula is C15H25NO2. The van der Waals surface area contributed by atoms with Crippen LogP contribution in [0.2, 0.25) is 0 Å². The molecule has 0 spiro atoms. The normalized spacial score (nSPS) is 12.7. The van der Waals surface area contributed by atoms with Crippen molar-refractivity contribution in [2.75, 3.05) is 13.7 Å². The second-order valence-electron chi connectivity index (χ2n) is 4.88. The Morgan fingerprint density at radius 1 is 1.22 bits per heavy atom. The molecule has 0 aliphatic heterocycles. The Kier molecular flexibility index (Phi) is 6.76. The lowest BCUT2D eigenvalue weighted by Crippen LogP contribution is -2.26. The third-order valence-corrected chi connectivity index (χ3v) is 2.68. The minimum atomic E-state index is 0.217. The van der Waals surface area contributed by atoms with Gasteiger partial charge in [0.2, 0.25) is 0 Å². The van der Waals surface area contributed by atoms with Gasteiger partial charge in [0.05, 0.1) is 6.10 Å². The molecule has 0 aromatic heterocycles. The predicted octanol–water partition coefficient (Wildman–Crippen LogP) is 2.99. The summed E-state index contributed by atoms with van der Waals surface area (Å²) in [5, 5.41) is 3.48. The van der Waals surface area contributed by atoms with E-state index in [-0.39, 0.29) is 6.10 Å². The van der Waals surface area contributed by atoms with E-state index in [1.807, 2.05) is 26.0 Å². The lowest BCUT2D eigenvalue weighted by molar-refractivity contribution is 0.184. The number of hydrogen-bond acceptors (Lipinski definition) is 3. The summed E-state index contributed by atoms with van der Waals surface area (Å²) in [6.07, 6.45) is 1.24. The molecule has 0 radical (unpaired) electrons. The quantitative estimate of drug-likeness (QED) is 0.770. The summed E-state index contributed by atoms with van der Waals surface area (Å²) in [5.41, 5.74) is 1.25. The zero-order valence-electron chi connectivity index (χ0n) is 11.9. The second kappa shape index (κ2) is 8.11. The summed E-state index contributed by atoms with van der Waals surface area (Å²) in [5.74, 6) is 0.939. The average molecular weight is 251 g/mol. The average Bonchev–Trinajstić information content (AvgIpc) is 2.33. The highest BCUT2D eigenvalue weighted by molar-refractivity contribution is 5.28. The number of ether oxygens (including phenoxy) is 2. The largest absolute Gasteiger partial charge is 0.491 e. The van der Waals surface area contributed by atoms with E-state index >= 15 is 0 Å². The lowest BCUT2D eigenvalue weighted by atomic mass is 10.2.